The van der Waals surface area contributed by atoms with Crippen molar-refractivity contribution in [2.45, 2.75) is 24.7 Å². The average Bonchev–Trinajstić information content (AvgIpc) is 3.02. The lowest BCUT2D eigenvalue weighted by Crippen LogP contribution is -2.16. The second-order valence-corrected chi connectivity index (χ2v) is 6.01. The molecule has 1 saturated heterocycles. The van der Waals surface area contributed by atoms with Crippen molar-refractivity contribution in [2.24, 2.45) is 0 Å². The average molecular weight is 276 g/mol. The third-order valence-corrected chi connectivity index (χ3v) is 4.99. The van der Waals surface area contributed by atoms with Crippen molar-refractivity contribution in [1.82, 2.24) is 0 Å². The van der Waals surface area contributed by atoms with Gasteiger partial charge in [0.25, 0.3) is 0 Å². The number of Topliss-reactive ketones (excluding diaryl/α,β-unsaturated/α-hetero) is 1. The Kier molecular flexibility index (Phi) is 3.62. The highest BCUT2D eigenvalue weighted by atomic mass is 32.2. The number of hydrogen-bond donors (Lipinski definition) is 0. The molecule has 0 spiro atoms. The number of para-hydroxylation sites is 1. The van der Waals surface area contributed by atoms with Crippen molar-refractivity contribution in [3.8, 4) is 0 Å². The van der Waals surface area contributed by atoms with Gasteiger partial charge in [-0.1, -0.05) is 18.2 Å². The first-order valence-corrected chi connectivity index (χ1v) is 7.53. The number of carbonyl (C=O) groups is 1. The molecule has 100 valence electrons. The van der Waals surface area contributed by atoms with E-state index in [4.69, 9.17) is 9.15 Å². The van der Waals surface area contributed by atoms with Gasteiger partial charge in [-0.3, -0.25) is 4.79 Å². The smallest absolute Gasteiger partial charge is 0.176 e. The summed E-state index contributed by atoms with van der Waals surface area (Å²) in [6.07, 6.45) is 2.85. The molecule has 3 rings (SSSR count). The molecule has 0 N–H and O–H groups in total. The van der Waals surface area contributed by atoms with Gasteiger partial charge in [-0.2, -0.15) is 0 Å². The Bertz CT molecular complexity index is 590. The number of rotatable bonds is 4. The van der Waals surface area contributed by atoms with E-state index in [9.17, 15) is 4.79 Å². The quantitative estimate of drug-likeness (QED) is 0.801. The monoisotopic (exact) mass is 276 g/mol. The second kappa shape index (κ2) is 5.39. The Labute approximate surface area is 116 Å². The molecular weight excluding hydrogens is 260 g/mol. The molecule has 1 aliphatic rings. The number of carbonyl (C=O) groups excluding carboxylic acids is 1. The van der Waals surface area contributed by atoms with Gasteiger partial charge >= 0.3 is 0 Å². The summed E-state index contributed by atoms with van der Waals surface area (Å²) >= 11 is 1.69. The molecule has 3 nitrogen and oxygen atoms in total. The van der Waals surface area contributed by atoms with Crippen molar-refractivity contribution < 1.29 is 13.9 Å². The summed E-state index contributed by atoms with van der Waals surface area (Å²) in [6, 6.07) is 7.64. The van der Waals surface area contributed by atoms with Crippen LogP contribution in [0.5, 0.6) is 0 Å². The van der Waals surface area contributed by atoms with Gasteiger partial charge in [-0.15, -0.1) is 11.8 Å². The van der Waals surface area contributed by atoms with Crippen LogP contribution in [-0.4, -0.2) is 29.5 Å². The molecule has 2 atom stereocenters. The van der Waals surface area contributed by atoms with E-state index >= 15 is 0 Å². The highest BCUT2D eigenvalue weighted by molar-refractivity contribution is 8.00. The number of furan rings is 1. The maximum Gasteiger partial charge on any atom is 0.176 e. The van der Waals surface area contributed by atoms with Gasteiger partial charge in [0.1, 0.15) is 11.8 Å². The summed E-state index contributed by atoms with van der Waals surface area (Å²) in [5, 5.41) is 1.34. The van der Waals surface area contributed by atoms with Crippen molar-refractivity contribution in [2.75, 3.05) is 12.4 Å². The Morgan fingerprint density at radius 2 is 2.26 bits per heavy atom. The predicted octanol–water partition coefficient (Wildman–Crippen LogP) is 3.53. The molecule has 0 aliphatic carbocycles. The van der Waals surface area contributed by atoms with Crippen LogP contribution in [0.4, 0.5) is 0 Å². The van der Waals surface area contributed by atoms with Crippen LogP contribution in [0.3, 0.4) is 0 Å². The standard InChI is InChI=1S/C15H16O3S/c1-10-15(6-7-17-10)19-9-13(16)12-8-18-14-5-3-2-4-11(12)14/h2-5,8,10,15H,6-7,9H2,1H3. The first-order chi connectivity index (χ1) is 9.25. The van der Waals surface area contributed by atoms with Crippen molar-refractivity contribution in [1.29, 1.82) is 0 Å². The van der Waals surface area contributed by atoms with Gasteiger partial charge in [-0.05, 0) is 19.4 Å². The van der Waals surface area contributed by atoms with E-state index in [1.165, 1.54) is 0 Å². The van der Waals surface area contributed by atoms with Crippen LogP contribution in [0.15, 0.2) is 34.9 Å². The normalized spacial score (nSPS) is 23.0. The number of fused-ring (bicyclic) bond motifs is 1. The Hall–Kier alpha value is -1.26. The van der Waals surface area contributed by atoms with Gasteiger partial charge in [0.15, 0.2) is 5.78 Å². The summed E-state index contributed by atoms with van der Waals surface area (Å²) < 4.78 is 10.9. The Morgan fingerprint density at radius 3 is 3.05 bits per heavy atom. The Morgan fingerprint density at radius 1 is 1.42 bits per heavy atom. The summed E-state index contributed by atoms with van der Waals surface area (Å²) in [5.41, 5.74) is 1.46. The SMILES string of the molecule is CC1OCCC1SCC(=O)c1coc2ccccc12. The molecule has 0 saturated carbocycles. The fourth-order valence-electron chi connectivity index (χ4n) is 2.39. The van der Waals surface area contributed by atoms with Crippen molar-refractivity contribution in [3.63, 3.8) is 0 Å². The third kappa shape index (κ3) is 2.55. The number of hydrogen-bond acceptors (Lipinski definition) is 4. The lowest BCUT2D eigenvalue weighted by molar-refractivity contribution is 0.102. The minimum atomic E-state index is 0.133. The van der Waals surface area contributed by atoms with E-state index in [0.717, 1.165) is 24.0 Å². The molecule has 0 bridgehead atoms. The van der Waals surface area contributed by atoms with Crippen LogP contribution in [0.2, 0.25) is 0 Å². The van der Waals surface area contributed by atoms with Gasteiger partial charge in [0.2, 0.25) is 0 Å². The molecule has 0 amide bonds. The molecular formula is C15H16O3S. The van der Waals surface area contributed by atoms with Crippen molar-refractivity contribution in [3.05, 3.63) is 36.1 Å². The first kappa shape index (κ1) is 12.8. The van der Waals surface area contributed by atoms with E-state index in [-0.39, 0.29) is 11.9 Å². The number of benzene rings is 1. The van der Waals surface area contributed by atoms with Gasteiger partial charge in [-0.25, -0.2) is 0 Å². The van der Waals surface area contributed by atoms with Crippen LogP contribution in [-0.2, 0) is 4.74 Å². The summed E-state index contributed by atoms with van der Waals surface area (Å²) in [4.78, 5) is 12.3. The van der Waals surface area contributed by atoms with Gasteiger partial charge < -0.3 is 9.15 Å². The lowest BCUT2D eigenvalue weighted by atomic mass is 10.1. The molecule has 1 aromatic carbocycles. The number of thioether (sulfide) groups is 1. The van der Waals surface area contributed by atoms with E-state index in [1.807, 2.05) is 24.3 Å². The molecule has 0 radical (unpaired) electrons. The van der Waals surface area contributed by atoms with Gasteiger partial charge in [0.05, 0.1) is 17.4 Å². The van der Waals surface area contributed by atoms with E-state index < -0.39 is 0 Å². The second-order valence-electron chi connectivity index (χ2n) is 4.78. The van der Waals surface area contributed by atoms with Crippen molar-refractivity contribution >= 4 is 28.5 Å². The third-order valence-electron chi connectivity index (χ3n) is 3.52. The molecule has 2 unspecified atom stereocenters. The number of ether oxygens (including phenoxy) is 1. The van der Waals surface area contributed by atoms with Crippen LogP contribution >= 0.6 is 11.8 Å². The molecule has 1 aliphatic heterocycles. The largest absolute Gasteiger partial charge is 0.464 e. The van der Waals surface area contributed by atoms with Crippen LogP contribution in [0.25, 0.3) is 11.0 Å². The van der Waals surface area contributed by atoms with E-state index in [2.05, 4.69) is 6.92 Å². The van der Waals surface area contributed by atoms with E-state index in [0.29, 0.717) is 16.6 Å². The fraction of sp³-hybridized carbons (Fsp3) is 0.400. The van der Waals surface area contributed by atoms with Gasteiger partial charge in [0, 0.05) is 17.2 Å². The summed E-state index contributed by atoms with van der Waals surface area (Å²) in [6.45, 7) is 2.88. The molecule has 4 heteroatoms. The zero-order chi connectivity index (χ0) is 13.2. The topological polar surface area (TPSA) is 39.4 Å². The maximum absolute atomic E-state index is 12.3. The molecule has 2 aromatic rings. The zero-order valence-corrected chi connectivity index (χ0v) is 11.6. The maximum atomic E-state index is 12.3. The first-order valence-electron chi connectivity index (χ1n) is 6.48. The highest BCUT2D eigenvalue weighted by Gasteiger charge is 2.25. The Balaban J connectivity index is 1.70. The lowest BCUT2D eigenvalue weighted by Gasteiger charge is -2.12. The fourth-order valence-corrected chi connectivity index (χ4v) is 3.52. The van der Waals surface area contributed by atoms with Crippen LogP contribution < -0.4 is 0 Å². The summed E-state index contributed by atoms with van der Waals surface area (Å²) in [7, 11) is 0. The summed E-state index contributed by atoms with van der Waals surface area (Å²) in [5.74, 6) is 0.621. The minimum Gasteiger partial charge on any atom is -0.464 e. The predicted molar refractivity (Wildman–Crippen MR) is 76.8 cm³/mol. The highest BCUT2D eigenvalue weighted by Crippen LogP contribution is 2.28. The molecule has 1 fully saturated rings. The molecule has 1 aromatic heterocycles. The van der Waals surface area contributed by atoms with Crippen LogP contribution in [0, 0.1) is 0 Å². The molecule has 19 heavy (non-hydrogen) atoms. The van der Waals surface area contributed by atoms with E-state index in [1.54, 1.807) is 18.0 Å². The zero-order valence-electron chi connectivity index (χ0n) is 10.8. The molecule has 2 heterocycles. The number of ketones is 1. The minimum absolute atomic E-state index is 0.133. The van der Waals surface area contributed by atoms with Crippen LogP contribution in [0.1, 0.15) is 23.7 Å².